The Morgan fingerprint density at radius 3 is 2.64 bits per heavy atom. The van der Waals surface area contributed by atoms with Gasteiger partial charge < -0.3 is 15.5 Å². The number of fused-ring (bicyclic) bond motifs is 1. The Bertz CT molecular complexity index is 886. The van der Waals surface area contributed by atoms with Gasteiger partial charge in [-0.15, -0.1) is 0 Å². The average molecular weight is 315 g/mol. The van der Waals surface area contributed by atoms with E-state index < -0.39 is 10.8 Å². The van der Waals surface area contributed by atoms with E-state index in [1.165, 1.54) is 0 Å². The molecule has 0 spiro atoms. The second-order valence-corrected chi connectivity index (χ2v) is 6.47. The summed E-state index contributed by atoms with van der Waals surface area (Å²) in [5.74, 6) is 0.722. The molecule has 1 aromatic heterocycles. The van der Waals surface area contributed by atoms with E-state index in [4.69, 9.17) is 10.5 Å². The molecule has 1 atom stereocenters. The van der Waals surface area contributed by atoms with E-state index in [9.17, 15) is 4.21 Å². The van der Waals surface area contributed by atoms with Crippen molar-refractivity contribution in [3.05, 3.63) is 41.5 Å². The van der Waals surface area contributed by atoms with Crippen molar-refractivity contribution in [2.24, 2.45) is 0 Å². The number of hydrogen-bond donors (Lipinski definition) is 2. The summed E-state index contributed by atoms with van der Waals surface area (Å²) < 4.78 is 18.1. The van der Waals surface area contributed by atoms with Crippen LogP contribution in [-0.2, 0) is 10.8 Å². The molecule has 1 unspecified atom stereocenters. The number of nitrogen functional groups attached to an aromatic ring is 1. The molecule has 0 saturated heterocycles. The maximum atomic E-state index is 12.9. The highest BCUT2D eigenvalue weighted by Crippen LogP contribution is 2.28. The molecule has 6 heteroatoms. The molecule has 0 fully saturated rings. The fourth-order valence-electron chi connectivity index (χ4n) is 2.33. The molecule has 0 amide bonds. The number of aromatic amines is 1. The summed E-state index contributed by atoms with van der Waals surface area (Å²) in [5.41, 5.74) is 9.98. The fourth-order valence-corrected chi connectivity index (χ4v) is 3.63. The van der Waals surface area contributed by atoms with Crippen molar-refractivity contribution in [1.29, 1.82) is 0 Å². The molecule has 0 aliphatic carbocycles. The van der Waals surface area contributed by atoms with Gasteiger partial charge in [0, 0.05) is 6.07 Å². The van der Waals surface area contributed by atoms with Gasteiger partial charge in [0.2, 0.25) is 5.16 Å². The lowest BCUT2D eigenvalue weighted by atomic mass is 10.1. The Hall–Kier alpha value is -2.34. The molecular formula is C16H17N3O2S. The lowest BCUT2D eigenvalue weighted by molar-refractivity contribution is 0.415. The van der Waals surface area contributed by atoms with Crippen LogP contribution in [0.25, 0.3) is 11.0 Å². The van der Waals surface area contributed by atoms with Crippen LogP contribution >= 0.6 is 0 Å². The normalized spacial score (nSPS) is 12.5. The number of rotatable bonds is 3. The monoisotopic (exact) mass is 315 g/mol. The van der Waals surface area contributed by atoms with E-state index in [1.54, 1.807) is 7.11 Å². The minimum Gasteiger partial charge on any atom is -0.497 e. The Labute approximate surface area is 131 Å². The molecule has 0 aliphatic rings. The van der Waals surface area contributed by atoms with Crippen LogP contribution in [-0.4, -0.2) is 21.3 Å². The predicted octanol–water partition coefficient (Wildman–Crippen LogP) is 2.94. The first kappa shape index (κ1) is 14.6. The Morgan fingerprint density at radius 1 is 1.18 bits per heavy atom. The molecular weight excluding hydrogens is 298 g/mol. The second kappa shape index (κ2) is 5.46. The van der Waals surface area contributed by atoms with Crippen molar-refractivity contribution in [3.8, 4) is 5.75 Å². The number of H-pyrrole nitrogens is 1. The Kier molecular flexibility index (Phi) is 3.62. The molecule has 0 aliphatic heterocycles. The molecule has 114 valence electrons. The summed E-state index contributed by atoms with van der Waals surface area (Å²) in [6.07, 6.45) is 0. The third-order valence-corrected chi connectivity index (χ3v) is 5.10. The number of aryl methyl sites for hydroxylation is 2. The summed E-state index contributed by atoms with van der Waals surface area (Å²) >= 11 is 0. The van der Waals surface area contributed by atoms with Crippen molar-refractivity contribution < 1.29 is 8.95 Å². The summed E-state index contributed by atoms with van der Waals surface area (Å²) in [6.45, 7) is 3.80. The van der Waals surface area contributed by atoms with Gasteiger partial charge in [-0.3, -0.25) is 0 Å². The van der Waals surface area contributed by atoms with Gasteiger partial charge in [0.15, 0.2) is 0 Å². The van der Waals surface area contributed by atoms with Gasteiger partial charge in [-0.2, -0.15) is 0 Å². The van der Waals surface area contributed by atoms with Crippen LogP contribution in [0, 0.1) is 13.8 Å². The van der Waals surface area contributed by atoms with Crippen LogP contribution < -0.4 is 10.5 Å². The largest absolute Gasteiger partial charge is 0.497 e. The highest BCUT2D eigenvalue weighted by atomic mass is 32.2. The van der Waals surface area contributed by atoms with Gasteiger partial charge in [0.05, 0.1) is 28.7 Å². The number of anilines is 1. The minimum absolute atomic E-state index is 0.392. The van der Waals surface area contributed by atoms with Gasteiger partial charge in [0.25, 0.3) is 0 Å². The quantitative estimate of drug-likeness (QED) is 0.728. The standard InChI is InChI=1S/C16H17N3O2S/c1-9-4-5-10(2)15(14(9)17)22(20)16-18-12-7-6-11(21-3)8-13(12)19-16/h4-8H,17H2,1-3H3,(H,18,19). The Morgan fingerprint density at radius 2 is 1.91 bits per heavy atom. The minimum atomic E-state index is -1.45. The number of imidazole rings is 1. The summed E-state index contributed by atoms with van der Waals surface area (Å²) in [4.78, 5) is 8.12. The zero-order valence-corrected chi connectivity index (χ0v) is 13.5. The van der Waals surface area contributed by atoms with Crippen LogP contribution in [0.1, 0.15) is 11.1 Å². The number of nitrogens with two attached hydrogens (primary N) is 1. The van der Waals surface area contributed by atoms with Crippen LogP contribution in [0.4, 0.5) is 5.69 Å². The van der Waals surface area contributed by atoms with Gasteiger partial charge in [-0.25, -0.2) is 9.19 Å². The molecule has 2 aromatic carbocycles. The molecule has 3 rings (SSSR count). The number of ether oxygens (including phenoxy) is 1. The SMILES string of the molecule is COc1ccc2nc(S(=O)c3c(C)ccc(C)c3N)[nH]c2c1. The third-order valence-electron chi connectivity index (χ3n) is 3.64. The summed E-state index contributed by atoms with van der Waals surface area (Å²) in [6, 6.07) is 9.33. The topological polar surface area (TPSA) is 81.0 Å². The first-order valence-electron chi connectivity index (χ1n) is 6.82. The molecule has 5 nitrogen and oxygen atoms in total. The van der Waals surface area contributed by atoms with Crippen LogP contribution in [0.15, 0.2) is 40.4 Å². The van der Waals surface area contributed by atoms with Crippen molar-refractivity contribution in [3.63, 3.8) is 0 Å². The van der Waals surface area contributed by atoms with Crippen molar-refractivity contribution in [2.45, 2.75) is 23.9 Å². The Balaban J connectivity index is 2.11. The first-order valence-corrected chi connectivity index (χ1v) is 7.97. The first-order chi connectivity index (χ1) is 10.5. The van der Waals surface area contributed by atoms with E-state index in [1.807, 2.05) is 44.2 Å². The molecule has 22 heavy (non-hydrogen) atoms. The lowest BCUT2D eigenvalue weighted by Crippen LogP contribution is -2.04. The van der Waals surface area contributed by atoms with Crippen LogP contribution in [0.5, 0.6) is 5.75 Å². The van der Waals surface area contributed by atoms with Crippen molar-refractivity contribution in [1.82, 2.24) is 9.97 Å². The molecule has 0 radical (unpaired) electrons. The number of hydrogen-bond acceptors (Lipinski definition) is 4. The van der Waals surface area contributed by atoms with Crippen molar-refractivity contribution >= 4 is 27.5 Å². The zero-order valence-electron chi connectivity index (χ0n) is 12.6. The number of methoxy groups -OCH3 is 1. The van der Waals surface area contributed by atoms with Crippen molar-refractivity contribution in [2.75, 3.05) is 12.8 Å². The average Bonchev–Trinajstić information content (AvgIpc) is 2.94. The van der Waals surface area contributed by atoms with E-state index in [-0.39, 0.29) is 0 Å². The predicted molar refractivity (Wildman–Crippen MR) is 87.6 cm³/mol. The van der Waals surface area contributed by atoms with E-state index >= 15 is 0 Å². The van der Waals surface area contributed by atoms with Gasteiger partial charge in [0.1, 0.15) is 16.5 Å². The zero-order chi connectivity index (χ0) is 15.9. The van der Waals surface area contributed by atoms with Gasteiger partial charge in [-0.1, -0.05) is 12.1 Å². The van der Waals surface area contributed by atoms with Gasteiger partial charge in [-0.05, 0) is 37.1 Å². The summed E-state index contributed by atoms with van der Waals surface area (Å²) in [5, 5.41) is 0.392. The van der Waals surface area contributed by atoms with Gasteiger partial charge >= 0.3 is 0 Å². The maximum absolute atomic E-state index is 12.9. The lowest BCUT2D eigenvalue weighted by Gasteiger charge is -2.09. The second-order valence-electron chi connectivity index (χ2n) is 5.14. The molecule has 3 aromatic rings. The summed E-state index contributed by atoms with van der Waals surface area (Å²) in [7, 11) is 0.151. The third kappa shape index (κ3) is 2.35. The number of nitrogens with one attached hydrogen (secondary N) is 1. The van der Waals surface area contributed by atoms with E-state index in [2.05, 4.69) is 9.97 Å². The molecule has 0 saturated carbocycles. The highest BCUT2D eigenvalue weighted by molar-refractivity contribution is 7.85. The number of nitrogens with zero attached hydrogens (tertiary/aromatic N) is 1. The van der Waals surface area contributed by atoms with Crippen LogP contribution in [0.3, 0.4) is 0 Å². The fraction of sp³-hybridized carbons (Fsp3) is 0.188. The molecule has 1 heterocycles. The number of aromatic nitrogens is 2. The van der Waals surface area contributed by atoms with E-state index in [0.29, 0.717) is 15.7 Å². The smallest absolute Gasteiger partial charge is 0.202 e. The molecule has 3 N–H and O–H groups in total. The highest BCUT2D eigenvalue weighted by Gasteiger charge is 2.18. The van der Waals surface area contributed by atoms with Crippen LogP contribution in [0.2, 0.25) is 0 Å². The molecule has 0 bridgehead atoms. The van der Waals surface area contributed by atoms with E-state index in [0.717, 1.165) is 27.9 Å². The maximum Gasteiger partial charge on any atom is 0.202 e. The number of benzene rings is 2.